The number of rotatable bonds is 4. The summed E-state index contributed by atoms with van der Waals surface area (Å²) in [5, 5.41) is 19.5. The van der Waals surface area contributed by atoms with E-state index in [4.69, 9.17) is 16.6 Å². The van der Waals surface area contributed by atoms with Gasteiger partial charge in [0.1, 0.15) is 11.2 Å². The highest BCUT2D eigenvalue weighted by atomic mass is 35.5. The Hall–Kier alpha value is -3.13. The average Bonchev–Trinajstić information content (AvgIpc) is 3.41. The normalized spacial score (nSPS) is 25.3. The number of carboxylic acid groups (broad SMARTS) is 1. The third-order valence-corrected chi connectivity index (χ3v) is 7.14. The predicted molar refractivity (Wildman–Crippen MR) is 117 cm³/mol. The summed E-state index contributed by atoms with van der Waals surface area (Å²) >= 11 is 6.16. The van der Waals surface area contributed by atoms with Crippen molar-refractivity contribution in [3.8, 4) is 11.4 Å². The number of aromatic amines is 1. The van der Waals surface area contributed by atoms with E-state index in [1.54, 1.807) is 10.7 Å². The van der Waals surface area contributed by atoms with E-state index in [0.717, 1.165) is 42.1 Å². The van der Waals surface area contributed by atoms with E-state index in [0.29, 0.717) is 28.2 Å². The number of halogens is 1. The summed E-state index contributed by atoms with van der Waals surface area (Å²) in [5.74, 6) is 0.640. The molecule has 8 nitrogen and oxygen atoms in total. The lowest BCUT2D eigenvalue weighted by Gasteiger charge is -2.47. The minimum atomic E-state index is -0.718. The number of nitrogens with zero attached hydrogens (tertiary/aromatic N) is 4. The van der Waals surface area contributed by atoms with Gasteiger partial charge in [0.15, 0.2) is 11.6 Å². The molecule has 0 aliphatic heterocycles. The molecular weight excluding hydrogens is 416 g/mol. The molecule has 0 spiro atoms. The largest absolute Gasteiger partial charge is 0.481 e. The van der Waals surface area contributed by atoms with Crippen LogP contribution < -0.4 is 5.32 Å². The molecule has 4 aromatic rings. The number of hydrogen-bond acceptors (Lipinski definition) is 5. The van der Waals surface area contributed by atoms with Crippen molar-refractivity contribution in [3.05, 3.63) is 41.8 Å². The molecule has 3 N–H and O–H groups in total. The Morgan fingerprint density at radius 3 is 2.87 bits per heavy atom. The van der Waals surface area contributed by atoms with Gasteiger partial charge in [-0.15, -0.1) is 5.10 Å². The highest BCUT2D eigenvalue weighted by Crippen LogP contribution is 2.46. The number of fused-ring (bicyclic) bond motifs is 5. The molecule has 7 rings (SSSR count). The van der Waals surface area contributed by atoms with E-state index < -0.39 is 11.9 Å². The Morgan fingerprint density at radius 2 is 2.06 bits per heavy atom. The van der Waals surface area contributed by atoms with Crippen molar-refractivity contribution in [1.82, 2.24) is 24.6 Å². The molecule has 0 amide bonds. The molecule has 3 fully saturated rings. The fourth-order valence-electron chi connectivity index (χ4n) is 5.49. The number of H-pyrrole nitrogens is 1. The minimum Gasteiger partial charge on any atom is -0.481 e. The Kier molecular flexibility index (Phi) is 4.17. The summed E-state index contributed by atoms with van der Waals surface area (Å²) < 4.78 is 1.78. The Balaban J connectivity index is 1.46. The van der Waals surface area contributed by atoms with Gasteiger partial charge in [-0.2, -0.15) is 0 Å². The Labute approximate surface area is 182 Å². The van der Waals surface area contributed by atoms with Crippen molar-refractivity contribution >= 4 is 39.9 Å². The molecule has 4 heterocycles. The summed E-state index contributed by atoms with van der Waals surface area (Å²) in [6, 6.07) is 5.56. The van der Waals surface area contributed by atoms with Crippen LogP contribution in [0.3, 0.4) is 0 Å². The van der Waals surface area contributed by atoms with Gasteiger partial charge in [0, 0.05) is 35.6 Å². The number of carboxylic acids is 1. The van der Waals surface area contributed by atoms with Crippen LogP contribution in [0.4, 0.5) is 5.82 Å². The minimum absolute atomic E-state index is 0.134. The fraction of sp³-hybridized carbons (Fsp3) is 0.364. The fourth-order valence-corrected chi connectivity index (χ4v) is 5.65. The second-order valence-corrected chi connectivity index (χ2v) is 9.02. The van der Waals surface area contributed by atoms with Gasteiger partial charge >= 0.3 is 5.97 Å². The van der Waals surface area contributed by atoms with E-state index in [1.165, 1.54) is 0 Å². The lowest BCUT2D eigenvalue weighted by atomic mass is 9.61. The number of aromatic nitrogens is 5. The van der Waals surface area contributed by atoms with Crippen LogP contribution in [0, 0.1) is 17.8 Å². The third-order valence-electron chi connectivity index (χ3n) is 6.94. The molecule has 9 heteroatoms. The molecule has 0 aromatic carbocycles. The first-order valence-electron chi connectivity index (χ1n) is 10.6. The van der Waals surface area contributed by atoms with E-state index >= 15 is 0 Å². The van der Waals surface area contributed by atoms with Gasteiger partial charge in [-0.1, -0.05) is 11.6 Å². The summed E-state index contributed by atoms with van der Waals surface area (Å²) in [6.45, 7) is 0. The van der Waals surface area contributed by atoms with Gasteiger partial charge in [0.2, 0.25) is 0 Å². The van der Waals surface area contributed by atoms with Crippen LogP contribution in [-0.2, 0) is 4.79 Å². The standard InChI is InChI=1S/C22H21ClN6O2/c23-13-8-14-15(10-25-19(14)24-9-13)20-27-21(16-2-1-7-29(16)28-20)26-18-12-5-3-11(4-6-12)17(18)22(30)31/h1-2,7-12,17-18H,3-6H2,(H,24,25)(H,30,31)(H,26,27,28). The van der Waals surface area contributed by atoms with Gasteiger partial charge in [-0.25, -0.2) is 14.5 Å². The number of anilines is 1. The number of hydrogen-bond donors (Lipinski definition) is 3. The second kappa shape index (κ2) is 6.95. The molecule has 0 radical (unpaired) electrons. The molecule has 0 saturated heterocycles. The molecule has 158 valence electrons. The molecule has 2 atom stereocenters. The van der Waals surface area contributed by atoms with Gasteiger partial charge in [-0.3, -0.25) is 4.79 Å². The van der Waals surface area contributed by atoms with Crippen molar-refractivity contribution in [1.29, 1.82) is 0 Å². The first-order chi connectivity index (χ1) is 15.1. The highest BCUT2D eigenvalue weighted by Gasteiger charge is 2.47. The zero-order valence-electron chi connectivity index (χ0n) is 16.6. The van der Waals surface area contributed by atoms with Crippen molar-refractivity contribution < 1.29 is 9.90 Å². The molecular formula is C22H21ClN6O2. The van der Waals surface area contributed by atoms with Crippen LogP contribution in [0.15, 0.2) is 36.8 Å². The Morgan fingerprint density at radius 1 is 1.26 bits per heavy atom. The van der Waals surface area contributed by atoms with Gasteiger partial charge in [0.05, 0.1) is 10.9 Å². The van der Waals surface area contributed by atoms with Crippen LogP contribution in [-0.4, -0.2) is 41.7 Å². The highest BCUT2D eigenvalue weighted by molar-refractivity contribution is 6.31. The molecule has 31 heavy (non-hydrogen) atoms. The van der Waals surface area contributed by atoms with Crippen molar-refractivity contribution in [2.45, 2.75) is 31.7 Å². The zero-order valence-corrected chi connectivity index (χ0v) is 17.4. The van der Waals surface area contributed by atoms with Crippen molar-refractivity contribution in [2.24, 2.45) is 17.8 Å². The van der Waals surface area contributed by atoms with Crippen LogP contribution >= 0.6 is 11.6 Å². The van der Waals surface area contributed by atoms with Crippen LogP contribution in [0.1, 0.15) is 25.7 Å². The molecule has 3 aliphatic rings. The maximum Gasteiger partial charge on any atom is 0.308 e. The average molecular weight is 437 g/mol. The van der Waals surface area contributed by atoms with Crippen LogP contribution in [0.5, 0.6) is 0 Å². The molecule has 2 bridgehead atoms. The van der Waals surface area contributed by atoms with Crippen molar-refractivity contribution in [2.75, 3.05) is 5.32 Å². The zero-order chi connectivity index (χ0) is 21.1. The topological polar surface area (TPSA) is 108 Å². The molecule has 3 saturated carbocycles. The molecule has 4 aromatic heterocycles. The summed E-state index contributed by atoms with van der Waals surface area (Å²) in [7, 11) is 0. The quantitative estimate of drug-likeness (QED) is 0.442. The maximum absolute atomic E-state index is 12.1. The van der Waals surface area contributed by atoms with Gasteiger partial charge < -0.3 is 15.4 Å². The van der Waals surface area contributed by atoms with Crippen molar-refractivity contribution in [3.63, 3.8) is 0 Å². The summed E-state index contributed by atoms with van der Waals surface area (Å²) in [5.41, 5.74) is 2.33. The smallest absolute Gasteiger partial charge is 0.308 e. The predicted octanol–water partition coefficient (Wildman–Crippen LogP) is 4.23. The van der Waals surface area contributed by atoms with Crippen LogP contribution in [0.2, 0.25) is 5.02 Å². The first kappa shape index (κ1) is 18.6. The van der Waals surface area contributed by atoms with E-state index in [-0.39, 0.29) is 12.0 Å². The van der Waals surface area contributed by atoms with E-state index in [9.17, 15) is 9.90 Å². The van der Waals surface area contributed by atoms with E-state index in [1.807, 2.05) is 30.6 Å². The van der Waals surface area contributed by atoms with E-state index in [2.05, 4.69) is 20.4 Å². The monoisotopic (exact) mass is 436 g/mol. The maximum atomic E-state index is 12.1. The Bertz CT molecular complexity index is 1310. The number of carbonyl (C=O) groups is 1. The molecule has 2 unspecified atom stereocenters. The number of pyridine rings is 1. The van der Waals surface area contributed by atoms with Gasteiger partial charge in [-0.05, 0) is 55.7 Å². The number of nitrogens with one attached hydrogen (secondary N) is 2. The van der Waals surface area contributed by atoms with Crippen LogP contribution in [0.25, 0.3) is 27.9 Å². The summed E-state index contributed by atoms with van der Waals surface area (Å²) in [4.78, 5) is 24.4. The second-order valence-electron chi connectivity index (χ2n) is 8.58. The summed E-state index contributed by atoms with van der Waals surface area (Å²) in [6.07, 6.45) is 9.41. The number of aliphatic carboxylic acids is 1. The first-order valence-corrected chi connectivity index (χ1v) is 10.9. The molecule has 3 aliphatic carbocycles. The third kappa shape index (κ3) is 2.96. The lowest BCUT2D eigenvalue weighted by molar-refractivity contribution is -0.148. The van der Waals surface area contributed by atoms with Gasteiger partial charge in [0.25, 0.3) is 0 Å². The lowest BCUT2D eigenvalue weighted by Crippen LogP contribution is -2.51. The SMILES string of the molecule is O=C(O)C1C2CCC(CC2)C1Nc1nc(-c2c[nH]c3ncc(Cl)cc23)nn2cccc12.